The highest BCUT2D eigenvalue weighted by Crippen LogP contribution is 2.36. The van der Waals surface area contributed by atoms with E-state index in [1.54, 1.807) is 13.1 Å². The molecule has 1 fully saturated rings. The second-order valence-electron chi connectivity index (χ2n) is 6.65. The van der Waals surface area contributed by atoms with E-state index in [1.165, 1.54) is 11.3 Å². The minimum Gasteiger partial charge on any atom is -0.387 e. The molecule has 0 spiro atoms. The third-order valence-corrected chi connectivity index (χ3v) is 5.47. The Morgan fingerprint density at radius 3 is 2.85 bits per heavy atom. The Hall–Kier alpha value is -2.38. The first-order valence-electron chi connectivity index (χ1n) is 8.43. The molecule has 1 aliphatic carbocycles. The van der Waals surface area contributed by atoms with Crippen LogP contribution in [-0.2, 0) is 4.79 Å². The Labute approximate surface area is 153 Å². The van der Waals surface area contributed by atoms with Crippen molar-refractivity contribution in [2.45, 2.75) is 32.5 Å². The molecule has 26 heavy (non-hydrogen) atoms. The van der Waals surface area contributed by atoms with Crippen LogP contribution in [-0.4, -0.2) is 27.2 Å². The summed E-state index contributed by atoms with van der Waals surface area (Å²) in [6.07, 6.45) is 0.441. The number of hydrogen-bond donors (Lipinski definition) is 2. The van der Waals surface area contributed by atoms with E-state index in [9.17, 15) is 14.3 Å². The number of carbonyl (C=O) groups is 1. The van der Waals surface area contributed by atoms with Crippen LogP contribution in [0.2, 0.25) is 0 Å². The number of aliphatic hydroxyl groups excluding tert-OH is 1. The average Bonchev–Trinajstić information content (AvgIpc) is 3.20. The maximum absolute atomic E-state index is 13.0. The van der Waals surface area contributed by atoms with Crippen LogP contribution < -0.4 is 5.32 Å². The van der Waals surface area contributed by atoms with Crippen LogP contribution in [0, 0.1) is 12.8 Å². The number of amides is 1. The fourth-order valence-electron chi connectivity index (χ4n) is 2.89. The number of aryl methyl sites for hydroxylation is 1. The highest BCUT2D eigenvalue weighted by Gasteiger charge is 2.43. The smallest absolute Gasteiger partial charge is 0.232 e. The van der Waals surface area contributed by atoms with E-state index in [1.807, 2.05) is 31.2 Å². The molecule has 2 aromatic heterocycles. The van der Waals surface area contributed by atoms with E-state index in [0.29, 0.717) is 17.2 Å². The first kappa shape index (κ1) is 17.1. The quantitative estimate of drug-likeness (QED) is 0.726. The van der Waals surface area contributed by atoms with E-state index in [4.69, 9.17) is 0 Å². The molecule has 1 amide bonds. The first-order valence-corrected chi connectivity index (χ1v) is 9.24. The van der Waals surface area contributed by atoms with Crippen LogP contribution in [0.15, 0.2) is 30.5 Å². The number of aliphatic hydroxyl groups is 1. The molecule has 1 aromatic carbocycles. The second-order valence-corrected chi connectivity index (χ2v) is 7.68. The number of halogens is 1. The largest absolute Gasteiger partial charge is 0.387 e. The number of hydrogen-bond acceptors (Lipinski definition) is 5. The van der Waals surface area contributed by atoms with Crippen molar-refractivity contribution in [2.24, 2.45) is 5.92 Å². The molecule has 3 aromatic rings. The van der Waals surface area contributed by atoms with Crippen molar-refractivity contribution in [1.82, 2.24) is 9.97 Å². The molecule has 2 N–H and O–H groups in total. The fourth-order valence-corrected chi connectivity index (χ4v) is 3.80. The van der Waals surface area contributed by atoms with Crippen LogP contribution in [0.5, 0.6) is 0 Å². The summed E-state index contributed by atoms with van der Waals surface area (Å²) in [5, 5.41) is 12.8. The highest BCUT2D eigenvalue weighted by atomic mass is 32.1. The Morgan fingerprint density at radius 2 is 2.19 bits per heavy atom. The summed E-state index contributed by atoms with van der Waals surface area (Å²) in [5.74, 6) is -0.829. The van der Waals surface area contributed by atoms with Gasteiger partial charge in [0, 0.05) is 11.8 Å². The Kier molecular flexibility index (Phi) is 4.20. The minimum absolute atomic E-state index is 0.300. The molecular weight excluding hydrogens is 353 g/mol. The monoisotopic (exact) mass is 371 g/mol. The maximum atomic E-state index is 13.0. The SMILES string of the molecule is Cc1cc(C(C)O)ncc1-c1ccc2nc(NC(=O)C3C[C@@H]3F)sc2c1. The lowest BCUT2D eigenvalue weighted by Gasteiger charge is -2.09. The third-order valence-electron chi connectivity index (χ3n) is 4.54. The normalized spacial score (nSPS) is 20.2. The minimum atomic E-state index is -1.02. The topological polar surface area (TPSA) is 75.1 Å². The molecule has 1 saturated carbocycles. The molecule has 5 nitrogen and oxygen atoms in total. The summed E-state index contributed by atoms with van der Waals surface area (Å²) in [5.41, 5.74) is 4.42. The van der Waals surface area contributed by atoms with E-state index in [0.717, 1.165) is 26.9 Å². The van der Waals surface area contributed by atoms with Gasteiger partial charge >= 0.3 is 0 Å². The molecule has 0 aliphatic heterocycles. The predicted octanol–water partition coefficient (Wildman–Crippen LogP) is 4.02. The Morgan fingerprint density at radius 1 is 1.42 bits per heavy atom. The van der Waals surface area contributed by atoms with Crippen molar-refractivity contribution in [3.8, 4) is 11.1 Å². The predicted molar refractivity (Wildman–Crippen MR) is 99.9 cm³/mol. The number of benzene rings is 1. The van der Waals surface area contributed by atoms with E-state index in [2.05, 4.69) is 15.3 Å². The van der Waals surface area contributed by atoms with Gasteiger partial charge in [0.2, 0.25) is 5.91 Å². The van der Waals surface area contributed by atoms with Crippen LogP contribution in [0.1, 0.15) is 30.7 Å². The zero-order chi connectivity index (χ0) is 18.4. The molecule has 4 rings (SSSR count). The molecule has 1 aliphatic rings. The van der Waals surface area contributed by atoms with Gasteiger partial charge in [-0.25, -0.2) is 9.37 Å². The van der Waals surface area contributed by atoms with Gasteiger partial charge in [-0.15, -0.1) is 0 Å². The number of rotatable bonds is 4. The van der Waals surface area contributed by atoms with Gasteiger partial charge in [0.05, 0.1) is 27.9 Å². The maximum Gasteiger partial charge on any atom is 0.232 e. The summed E-state index contributed by atoms with van der Waals surface area (Å²) in [6, 6.07) is 7.74. The molecule has 2 unspecified atom stereocenters. The van der Waals surface area contributed by atoms with Gasteiger partial charge in [-0.05, 0) is 49.6 Å². The third kappa shape index (κ3) is 3.20. The second kappa shape index (κ2) is 6.41. The lowest BCUT2D eigenvalue weighted by atomic mass is 10.0. The molecule has 0 bridgehead atoms. The van der Waals surface area contributed by atoms with Crippen LogP contribution in [0.3, 0.4) is 0 Å². The number of nitrogens with one attached hydrogen (secondary N) is 1. The van der Waals surface area contributed by atoms with Gasteiger partial charge in [0.15, 0.2) is 5.13 Å². The first-order chi connectivity index (χ1) is 12.4. The van der Waals surface area contributed by atoms with E-state index in [-0.39, 0.29) is 5.91 Å². The van der Waals surface area contributed by atoms with Gasteiger partial charge in [-0.3, -0.25) is 9.78 Å². The summed E-state index contributed by atoms with van der Waals surface area (Å²) < 4.78 is 13.9. The number of nitrogens with zero attached hydrogens (tertiary/aromatic N) is 2. The number of thiazole rings is 1. The van der Waals surface area contributed by atoms with Crippen LogP contribution in [0.25, 0.3) is 21.3 Å². The summed E-state index contributed by atoms with van der Waals surface area (Å²) in [6.45, 7) is 3.67. The highest BCUT2D eigenvalue weighted by molar-refractivity contribution is 7.22. The Balaban J connectivity index is 1.62. The van der Waals surface area contributed by atoms with Crippen molar-refractivity contribution in [1.29, 1.82) is 0 Å². The number of carbonyl (C=O) groups excluding carboxylic acids is 1. The molecule has 134 valence electrons. The van der Waals surface area contributed by atoms with Crippen molar-refractivity contribution in [3.05, 3.63) is 41.7 Å². The van der Waals surface area contributed by atoms with Crippen molar-refractivity contribution >= 4 is 32.6 Å². The van der Waals surface area contributed by atoms with Crippen molar-refractivity contribution in [2.75, 3.05) is 5.32 Å². The number of pyridine rings is 1. The van der Waals surface area contributed by atoms with Crippen molar-refractivity contribution < 1.29 is 14.3 Å². The molecule has 2 heterocycles. The standard InChI is InChI=1S/C19H18FN3O2S/c1-9-5-16(10(2)24)21-8-13(9)11-3-4-15-17(6-11)26-19(22-15)23-18(25)12-7-14(12)20/h3-6,8,10,12,14,24H,7H2,1-2H3,(H,22,23,25)/t10?,12?,14-/m0/s1. The zero-order valence-electron chi connectivity index (χ0n) is 14.4. The van der Waals surface area contributed by atoms with Gasteiger partial charge in [-0.1, -0.05) is 17.4 Å². The van der Waals surface area contributed by atoms with E-state index < -0.39 is 18.2 Å². The van der Waals surface area contributed by atoms with Crippen LogP contribution >= 0.6 is 11.3 Å². The zero-order valence-corrected chi connectivity index (χ0v) is 15.2. The van der Waals surface area contributed by atoms with Gasteiger partial charge in [0.25, 0.3) is 0 Å². The summed E-state index contributed by atoms with van der Waals surface area (Å²) in [7, 11) is 0. The van der Waals surface area contributed by atoms with Gasteiger partial charge in [0.1, 0.15) is 6.17 Å². The lowest BCUT2D eigenvalue weighted by Crippen LogP contribution is -2.14. The number of alkyl halides is 1. The average molecular weight is 371 g/mol. The lowest BCUT2D eigenvalue weighted by molar-refractivity contribution is -0.117. The molecule has 0 radical (unpaired) electrons. The summed E-state index contributed by atoms with van der Waals surface area (Å²) >= 11 is 1.37. The molecule has 7 heteroatoms. The number of anilines is 1. The van der Waals surface area contributed by atoms with E-state index >= 15 is 0 Å². The molecular formula is C19H18FN3O2S. The Bertz CT molecular complexity index is 1000. The van der Waals surface area contributed by atoms with Gasteiger partial charge < -0.3 is 10.4 Å². The van der Waals surface area contributed by atoms with Crippen molar-refractivity contribution in [3.63, 3.8) is 0 Å². The molecule has 3 atom stereocenters. The van der Waals surface area contributed by atoms with Gasteiger partial charge in [-0.2, -0.15) is 0 Å². The number of fused-ring (bicyclic) bond motifs is 1. The fraction of sp³-hybridized carbons (Fsp3) is 0.316. The van der Waals surface area contributed by atoms with Crippen LogP contribution in [0.4, 0.5) is 9.52 Å². The number of aromatic nitrogens is 2. The molecule has 0 saturated heterocycles. The summed E-state index contributed by atoms with van der Waals surface area (Å²) in [4.78, 5) is 20.6.